The molecule has 0 aliphatic carbocycles. The normalized spacial score (nSPS) is 11.6. The molecule has 154 valence electrons. The maximum absolute atomic E-state index is 13.6. The number of aromatic nitrogens is 3. The number of H-pyrrole nitrogens is 1. The second kappa shape index (κ2) is 7.35. The number of aryl methyl sites for hydroxylation is 2. The van der Waals surface area contributed by atoms with E-state index in [4.69, 9.17) is 4.98 Å². The van der Waals surface area contributed by atoms with E-state index in [1.807, 2.05) is 62.4 Å². The summed E-state index contributed by atoms with van der Waals surface area (Å²) in [6, 6.07) is 16.7. The van der Waals surface area contributed by atoms with Crippen LogP contribution in [-0.2, 0) is 0 Å². The van der Waals surface area contributed by atoms with Crippen LogP contribution in [0, 0.1) is 13.8 Å². The number of rotatable bonds is 3. The molecule has 3 heterocycles. The minimum absolute atomic E-state index is 0.308. The zero-order chi connectivity index (χ0) is 21.7. The van der Waals surface area contributed by atoms with Gasteiger partial charge in [-0.3, -0.25) is 4.79 Å². The van der Waals surface area contributed by atoms with Gasteiger partial charge in [-0.1, -0.05) is 59.7 Å². The molecule has 0 bridgehead atoms. The number of thiophene rings is 1. The summed E-state index contributed by atoms with van der Waals surface area (Å²) >= 11 is 1.09. The fourth-order valence-corrected chi connectivity index (χ4v) is 4.63. The van der Waals surface area contributed by atoms with Crippen LogP contribution in [-0.4, -0.2) is 15.0 Å². The zero-order valence-electron chi connectivity index (χ0n) is 16.7. The number of hydrogen-bond donors (Lipinski definition) is 1. The molecule has 4 nitrogen and oxygen atoms in total. The highest BCUT2D eigenvalue weighted by atomic mass is 32.1. The second-order valence-electron chi connectivity index (χ2n) is 7.50. The predicted molar refractivity (Wildman–Crippen MR) is 121 cm³/mol. The van der Waals surface area contributed by atoms with Gasteiger partial charge in [0, 0.05) is 10.9 Å². The molecule has 0 spiro atoms. The molecule has 2 aromatic carbocycles. The average Bonchev–Trinajstić information content (AvgIpc) is 3.13. The Hall–Kier alpha value is -3.45. The first-order valence-electron chi connectivity index (χ1n) is 9.70. The number of halogens is 2. The van der Waals surface area contributed by atoms with Crippen LogP contribution >= 0.6 is 11.3 Å². The molecule has 0 saturated carbocycles. The minimum Gasteiger partial charge on any atom is -0.305 e. The van der Waals surface area contributed by atoms with Gasteiger partial charge in [-0.2, -0.15) is 0 Å². The lowest BCUT2D eigenvalue weighted by molar-refractivity contribution is 0.146. The maximum atomic E-state index is 13.6. The average molecular weight is 433 g/mol. The Bertz CT molecular complexity index is 1490. The van der Waals surface area contributed by atoms with Crippen molar-refractivity contribution in [1.29, 1.82) is 0 Å². The zero-order valence-corrected chi connectivity index (χ0v) is 17.6. The van der Waals surface area contributed by atoms with E-state index < -0.39 is 6.43 Å². The van der Waals surface area contributed by atoms with Gasteiger partial charge in [0.15, 0.2) is 0 Å². The number of benzene rings is 2. The predicted octanol–water partition coefficient (Wildman–Crippen LogP) is 6.42. The van der Waals surface area contributed by atoms with Crippen molar-refractivity contribution in [1.82, 2.24) is 15.0 Å². The van der Waals surface area contributed by atoms with Crippen molar-refractivity contribution in [3.05, 3.63) is 81.8 Å². The van der Waals surface area contributed by atoms with E-state index in [0.717, 1.165) is 33.6 Å². The van der Waals surface area contributed by atoms with Gasteiger partial charge in [0.2, 0.25) is 0 Å². The number of pyridine rings is 1. The van der Waals surface area contributed by atoms with E-state index in [1.54, 1.807) is 0 Å². The lowest BCUT2D eigenvalue weighted by Gasteiger charge is -2.08. The van der Waals surface area contributed by atoms with Gasteiger partial charge in [0.25, 0.3) is 12.0 Å². The number of alkyl halides is 2. The third kappa shape index (κ3) is 3.41. The van der Waals surface area contributed by atoms with Crippen LogP contribution in [0.2, 0.25) is 0 Å². The van der Waals surface area contributed by atoms with E-state index in [1.165, 1.54) is 6.07 Å². The van der Waals surface area contributed by atoms with E-state index in [2.05, 4.69) is 9.97 Å². The lowest BCUT2D eigenvalue weighted by Crippen LogP contribution is -2.07. The van der Waals surface area contributed by atoms with Gasteiger partial charge >= 0.3 is 0 Å². The third-order valence-electron chi connectivity index (χ3n) is 5.23. The van der Waals surface area contributed by atoms with E-state index in [-0.39, 0.29) is 11.3 Å². The fourth-order valence-electron chi connectivity index (χ4n) is 3.59. The number of aromatic amines is 1. The molecule has 0 amide bonds. The van der Waals surface area contributed by atoms with Crippen molar-refractivity contribution in [3.8, 4) is 22.5 Å². The third-order valence-corrected chi connectivity index (χ3v) is 6.30. The summed E-state index contributed by atoms with van der Waals surface area (Å²) in [6.45, 7) is 3.95. The summed E-state index contributed by atoms with van der Waals surface area (Å²) in [6.07, 6.45) is -2.71. The summed E-state index contributed by atoms with van der Waals surface area (Å²) in [7, 11) is 0. The van der Waals surface area contributed by atoms with Crippen LogP contribution in [0.4, 0.5) is 8.78 Å². The van der Waals surface area contributed by atoms with E-state index in [9.17, 15) is 13.6 Å². The summed E-state index contributed by atoms with van der Waals surface area (Å²) in [5.41, 5.74) is 4.16. The quantitative estimate of drug-likeness (QED) is 0.357. The molecule has 7 heteroatoms. The maximum Gasteiger partial charge on any atom is 0.280 e. The Kier molecular flexibility index (Phi) is 4.63. The summed E-state index contributed by atoms with van der Waals surface area (Å²) in [4.78, 5) is 24.9. The SMILES string of the molecule is Cc1ccc(-c2nc3c(sc4nc(C(F)F)cc(-c5ccc(C)cc5)c43)c(=O)[nH]2)cc1. The van der Waals surface area contributed by atoms with E-state index in [0.29, 0.717) is 31.8 Å². The number of nitrogens with one attached hydrogen (secondary N) is 1. The van der Waals surface area contributed by atoms with Crippen molar-refractivity contribution < 1.29 is 8.78 Å². The Morgan fingerprint density at radius 1 is 0.903 bits per heavy atom. The first-order valence-corrected chi connectivity index (χ1v) is 10.5. The Morgan fingerprint density at radius 3 is 2.13 bits per heavy atom. The van der Waals surface area contributed by atoms with Gasteiger partial charge in [-0.15, -0.1) is 11.3 Å². The summed E-state index contributed by atoms with van der Waals surface area (Å²) in [5.74, 6) is 0.435. The molecular formula is C24H17F2N3OS. The number of nitrogens with zero attached hydrogens (tertiary/aromatic N) is 2. The molecule has 0 atom stereocenters. The second-order valence-corrected chi connectivity index (χ2v) is 8.50. The van der Waals surface area contributed by atoms with Gasteiger partial charge in [0.1, 0.15) is 21.0 Å². The molecule has 5 aromatic rings. The van der Waals surface area contributed by atoms with Gasteiger partial charge in [-0.05, 0) is 31.0 Å². The molecule has 0 unspecified atom stereocenters. The van der Waals surface area contributed by atoms with Crippen LogP contribution in [0.3, 0.4) is 0 Å². The molecule has 0 radical (unpaired) electrons. The molecule has 3 aromatic heterocycles. The largest absolute Gasteiger partial charge is 0.305 e. The first kappa shape index (κ1) is 19.5. The molecule has 5 rings (SSSR count). The first-order chi connectivity index (χ1) is 14.9. The highest BCUT2D eigenvalue weighted by Gasteiger charge is 2.21. The molecular weight excluding hydrogens is 416 g/mol. The Morgan fingerprint density at radius 2 is 1.52 bits per heavy atom. The Labute approximate surface area is 180 Å². The number of hydrogen-bond acceptors (Lipinski definition) is 4. The smallest absolute Gasteiger partial charge is 0.280 e. The van der Waals surface area contributed by atoms with Crippen molar-refractivity contribution in [3.63, 3.8) is 0 Å². The van der Waals surface area contributed by atoms with Crippen molar-refractivity contribution in [2.24, 2.45) is 0 Å². The number of fused-ring (bicyclic) bond motifs is 3. The molecule has 31 heavy (non-hydrogen) atoms. The van der Waals surface area contributed by atoms with Crippen molar-refractivity contribution >= 4 is 31.8 Å². The summed E-state index contributed by atoms with van der Waals surface area (Å²) in [5, 5.41) is 0.618. The van der Waals surface area contributed by atoms with Crippen LogP contribution in [0.15, 0.2) is 59.4 Å². The van der Waals surface area contributed by atoms with Crippen LogP contribution < -0.4 is 5.56 Å². The van der Waals surface area contributed by atoms with Crippen molar-refractivity contribution in [2.75, 3.05) is 0 Å². The molecule has 0 saturated heterocycles. The highest BCUT2D eigenvalue weighted by molar-refractivity contribution is 7.25. The molecule has 0 aliphatic heterocycles. The summed E-state index contributed by atoms with van der Waals surface area (Å²) < 4.78 is 27.5. The highest BCUT2D eigenvalue weighted by Crippen LogP contribution is 2.39. The van der Waals surface area contributed by atoms with Gasteiger partial charge < -0.3 is 4.98 Å². The standard InChI is InChI=1S/C24H17F2N3OS/c1-12-3-7-14(8-4-12)16-11-17(21(25)26)27-24-18(16)19-20(31-24)23(30)29-22(28-19)15-9-5-13(2)6-10-15/h3-11,21H,1-2H3,(H,28,29,30). The topological polar surface area (TPSA) is 58.6 Å². The minimum atomic E-state index is -2.71. The van der Waals surface area contributed by atoms with Crippen LogP contribution in [0.25, 0.3) is 42.9 Å². The van der Waals surface area contributed by atoms with Crippen LogP contribution in [0.5, 0.6) is 0 Å². The van der Waals surface area contributed by atoms with E-state index >= 15 is 0 Å². The monoisotopic (exact) mass is 433 g/mol. The van der Waals surface area contributed by atoms with Crippen LogP contribution in [0.1, 0.15) is 23.2 Å². The molecule has 1 N–H and O–H groups in total. The van der Waals surface area contributed by atoms with Gasteiger partial charge in [-0.25, -0.2) is 18.7 Å². The van der Waals surface area contributed by atoms with Crippen molar-refractivity contribution in [2.45, 2.75) is 20.3 Å². The van der Waals surface area contributed by atoms with Gasteiger partial charge in [0.05, 0.1) is 5.52 Å². The molecule has 0 aliphatic rings. The Balaban J connectivity index is 1.86. The fraction of sp³-hybridized carbons (Fsp3) is 0.125. The molecule has 0 fully saturated rings. The lowest BCUT2D eigenvalue weighted by atomic mass is 10.0.